The van der Waals surface area contributed by atoms with Crippen LogP contribution in [0.2, 0.25) is 5.02 Å². The highest BCUT2D eigenvalue weighted by Crippen LogP contribution is 2.26. The van der Waals surface area contributed by atoms with Crippen molar-refractivity contribution in [1.29, 1.82) is 0 Å². The third-order valence-electron chi connectivity index (χ3n) is 3.61. The molecule has 0 aliphatic rings. The smallest absolute Gasteiger partial charge is 0.201 e. The van der Waals surface area contributed by atoms with Crippen LogP contribution in [0.25, 0.3) is 11.0 Å². The maximum atomic E-state index is 6.27. The molecule has 0 bridgehead atoms. The van der Waals surface area contributed by atoms with E-state index < -0.39 is 0 Å². The number of aryl methyl sites for hydroxylation is 3. The molecule has 0 radical (unpaired) electrons. The number of hydrogen-bond acceptors (Lipinski definition) is 2. The fraction of sp³-hybridized carbons (Fsp3) is 0.188. The van der Waals surface area contributed by atoms with Crippen LogP contribution in [0, 0.1) is 6.92 Å². The van der Waals surface area contributed by atoms with Gasteiger partial charge in [-0.05, 0) is 36.6 Å². The highest BCUT2D eigenvalue weighted by atomic mass is 35.5. The SMILES string of the molecule is Cc1ccccc1CCn1c(N)nc2cccc(Cl)c21. The first-order chi connectivity index (χ1) is 9.66. The summed E-state index contributed by atoms with van der Waals surface area (Å²) in [5.74, 6) is 0.515. The highest BCUT2D eigenvalue weighted by molar-refractivity contribution is 6.35. The molecule has 3 rings (SSSR count). The average molecular weight is 286 g/mol. The molecule has 0 saturated carbocycles. The van der Waals surface area contributed by atoms with E-state index in [9.17, 15) is 0 Å². The fourth-order valence-electron chi connectivity index (χ4n) is 2.51. The largest absolute Gasteiger partial charge is 0.369 e. The summed E-state index contributed by atoms with van der Waals surface area (Å²) in [5.41, 5.74) is 10.4. The lowest BCUT2D eigenvalue weighted by Crippen LogP contribution is -2.06. The van der Waals surface area contributed by atoms with E-state index >= 15 is 0 Å². The Morgan fingerprint density at radius 2 is 1.95 bits per heavy atom. The van der Waals surface area contributed by atoms with E-state index in [1.165, 1.54) is 11.1 Å². The molecule has 3 nitrogen and oxygen atoms in total. The predicted molar refractivity (Wildman–Crippen MR) is 84.0 cm³/mol. The zero-order valence-electron chi connectivity index (χ0n) is 11.3. The minimum atomic E-state index is 0.515. The van der Waals surface area contributed by atoms with E-state index in [1.807, 2.05) is 22.8 Å². The van der Waals surface area contributed by atoms with Gasteiger partial charge in [0, 0.05) is 6.54 Å². The molecule has 2 N–H and O–H groups in total. The fourth-order valence-corrected chi connectivity index (χ4v) is 2.78. The van der Waals surface area contributed by atoms with Crippen LogP contribution in [0.3, 0.4) is 0 Å². The average Bonchev–Trinajstić information content (AvgIpc) is 2.75. The number of hydrogen-bond donors (Lipinski definition) is 1. The maximum Gasteiger partial charge on any atom is 0.201 e. The lowest BCUT2D eigenvalue weighted by Gasteiger charge is -2.09. The van der Waals surface area contributed by atoms with Crippen molar-refractivity contribution in [3.63, 3.8) is 0 Å². The molecule has 0 spiro atoms. The van der Waals surface area contributed by atoms with E-state index in [0.717, 1.165) is 24.0 Å². The Balaban J connectivity index is 1.95. The first kappa shape index (κ1) is 13.0. The first-order valence-corrected chi connectivity index (χ1v) is 6.99. The van der Waals surface area contributed by atoms with Crippen LogP contribution < -0.4 is 5.73 Å². The van der Waals surface area contributed by atoms with Gasteiger partial charge in [-0.3, -0.25) is 0 Å². The van der Waals surface area contributed by atoms with Crippen molar-refractivity contribution >= 4 is 28.6 Å². The van der Waals surface area contributed by atoms with Crippen molar-refractivity contribution in [2.45, 2.75) is 19.9 Å². The summed E-state index contributed by atoms with van der Waals surface area (Å²) in [6.07, 6.45) is 0.910. The van der Waals surface area contributed by atoms with Crippen LogP contribution in [0.5, 0.6) is 0 Å². The number of rotatable bonds is 3. The standard InChI is InChI=1S/C16H16ClN3/c1-11-5-2-3-6-12(11)9-10-20-15-13(17)7-4-8-14(15)19-16(20)18/h2-8H,9-10H2,1H3,(H2,18,19). The Morgan fingerprint density at radius 3 is 2.75 bits per heavy atom. The molecule has 0 fully saturated rings. The van der Waals surface area contributed by atoms with Crippen LogP contribution in [-0.2, 0) is 13.0 Å². The van der Waals surface area contributed by atoms with Crippen LogP contribution >= 0.6 is 11.6 Å². The van der Waals surface area contributed by atoms with Gasteiger partial charge >= 0.3 is 0 Å². The normalized spacial score (nSPS) is 11.1. The molecule has 0 aliphatic heterocycles. The number of aromatic nitrogens is 2. The molecule has 3 aromatic rings. The maximum absolute atomic E-state index is 6.27. The number of anilines is 1. The Hall–Kier alpha value is -2.00. The Bertz CT molecular complexity index is 762. The quantitative estimate of drug-likeness (QED) is 0.795. The van der Waals surface area contributed by atoms with Crippen molar-refractivity contribution in [2.24, 2.45) is 0 Å². The predicted octanol–water partition coefficient (Wildman–Crippen LogP) is 3.82. The lowest BCUT2D eigenvalue weighted by molar-refractivity contribution is 0.723. The number of benzene rings is 2. The second-order valence-electron chi connectivity index (χ2n) is 4.91. The van der Waals surface area contributed by atoms with E-state index in [0.29, 0.717) is 11.0 Å². The van der Waals surface area contributed by atoms with E-state index in [1.54, 1.807) is 0 Å². The molecule has 20 heavy (non-hydrogen) atoms. The zero-order chi connectivity index (χ0) is 14.1. The van der Waals surface area contributed by atoms with Crippen molar-refractivity contribution < 1.29 is 0 Å². The lowest BCUT2D eigenvalue weighted by atomic mass is 10.1. The molecule has 0 amide bonds. The molecule has 0 atom stereocenters. The molecule has 0 aliphatic carbocycles. The van der Waals surface area contributed by atoms with Gasteiger partial charge in [0.25, 0.3) is 0 Å². The second kappa shape index (κ2) is 5.17. The monoisotopic (exact) mass is 285 g/mol. The molecule has 1 aromatic heterocycles. The Morgan fingerprint density at radius 1 is 1.15 bits per heavy atom. The number of fused-ring (bicyclic) bond motifs is 1. The molecule has 0 unspecified atom stereocenters. The number of nitrogen functional groups attached to an aromatic ring is 1. The Labute approximate surface area is 123 Å². The van der Waals surface area contributed by atoms with Crippen molar-refractivity contribution in [2.75, 3.05) is 5.73 Å². The van der Waals surface area contributed by atoms with Gasteiger partial charge < -0.3 is 10.3 Å². The minimum Gasteiger partial charge on any atom is -0.369 e. The molecule has 1 heterocycles. The summed E-state index contributed by atoms with van der Waals surface area (Å²) in [7, 11) is 0. The minimum absolute atomic E-state index is 0.515. The van der Waals surface area contributed by atoms with Crippen LogP contribution in [0.1, 0.15) is 11.1 Å². The number of halogens is 1. The van der Waals surface area contributed by atoms with Gasteiger partial charge in [0.2, 0.25) is 5.95 Å². The van der Waals surface area contributed by atoms with Crippen LogP contribution in [-0.4, -0.2) is 9.55 Å². The summed E-state index contributed by atoms with van der Waals surface area (Å²) in [6, 6.07) is 14.1. The third kappa shape index (κ3) is 2.25. The molecule has 4 heteroatoms. The van der Waals surface area contributed by atoms with E-state index in [4.69, 9.17) is 17.3 Å². The third-order valence-corrected chi connectivity index (χ3v) is 3.92. The number of nitrogens with two attached hydrogens (primary N) is 1. The summed E-state index contributed by atoms with van der Waals surface area (Å²) in [4.78, 5) is 4.36. The van der Waals surface area contributed by atoms with Gasteiger partial charge in [-0.25, -0.2) is 4.98 Å². The van der Waals surface area contributed by atoms with Crippen molar-refractivity contribution in [3.8, 4) is 0 Å². The van der Waals surface area contributed by atoms with Gasteiger partial charge in [-0.1, -0.05) is 41.9 Å². The van der Waals surface area contributed by atoms with E-state index in [-0.39, 0.29) is 0 Å². The van der Waals surface area contributed by atoms with Crippen molar-refractivity contribution in [1.82, 2.24) is 9.55 Å². The van der Waals surface area contributed by atoms with Crippen LogP contribution in [0.15, 0.2) is 42.5 Å². The van der Waals surface area contributed by atoms with Gasteiger partial charge in [-0.2, -0.15) is 0 Å². The van der Waals surface area contributed by atoms with Gasteiger partial charge in [0.15, 0.2) is 0 Å². The van der Waals surface area contributed by atoms with Crippen LogP contribution in [0.4, 0.5) is 5.95 Å². The summed E-state index contributed by atoms with van der Waals surface area (Å²) in [5, 5.41) is 0.691. The number of nitrogens with zero attached hydrogens (tertiary/aromatic N) is 2. The summed E-state index contributed by atoms with van der Waals surface area (Å²) >= 11 is 6.27. The van der Waals surface area contributed by atoms with E-state index in [2.05, 4.69) is 36.2 Å². The van der Waals surface area contributed by atoms with Gasteiger partial charge in [0.05, 0.1) is 16.1 Å². The summed E-state index contributed by atoms with van der Waals surface area (Å²) in [6.45, 7) is 2.90. The highest BCUT2D eigenvalue weighted by Gasteiger charge is 2.11. The molecule has 2 aromatic carbocycles. The molecule has 102 valence electrons. The van der Waals surface area contributed by atoms with Gasteiger partial charge in [0.1, 0.15) is 0 Å². The Kier molecular flexibility index (Phi) is 3.36. The summed E-state index contributed by atoms with van der Waals surface area (Å²) < 4.78 is 1.99. The second-order valence-corrected chi connectivity index (χ2v) is 5.31. The molecular weight excluding hydrogens is 270 g/mol. The first-order valence-electron chi connectivity index (χ1n) is 6.61. The molecule has 0 saturated heterocycles. The number of imidazole rings is 1. The topological polar surface area (TPSA) is 43.8 Å². The zero-order valence-corrected chi connectivity index (χ0v) is 12.1. The van der Waals surface area contributed by atoms with Gasteiger partial charge in [-0.15, -0.1) is 0 Å². The molecular formula is C16H16ClN3. The van der Waals surface area contributed by atoms with Crippen molar-refractivity contribution in [3.05, 3.63) is 58.6 Å². The number of para-hydroxylation sites is 1.